The molecule has 4 N–H and O–H groups in total. The Hall–Kier alpha value is -2.84. The van der Waals surface area contributed by atoms with Crippen molar-refractivity contribution in [3.8, 4) is 11.5 Å². The lowest BCUT2D eigenvalue weighted by Crippen LogP contribution is -2.43. The van der Waals surface area contributed by atoms with E-state index in [9.17, 15) is 5.11 Å². The van der Waals surface area contributed by atoms with E-state index in [0.717, 1.165) is 29.8 Å². The van der Waals surface area contributed by atoms with E-state index in [-0.39, 0.29) is 12.1 Å². The van der Waals surface area contributed by atoms with E-state index in [4.69, 9.17) is 15.2 Å². The highest BCUT2D eigenvalue weighted by molar-refractivity contribution is 5.79. The van der Waals surface area contributed by atoms with Crippen molar-refractivity contribution < 1.29 is 14.6 Å². The Balaban J connectivity index is 1.61. The Morgan fingerprint density at radius 3 is 3.00 bits per heavy atom. The molecule has 2 aromatic heterocycles. The van der Waals surface area contributed by atoms with Gasteiger partial charge in [0, 0.05) is 36.5 Å². The van der Waals surface area contributed by atoms with E-state index in [2.05, 4.69) is 15.4 Å². The molecule has 1 aliphatic carbocycles. The van der Waals surface area contributed by atoms with Crippen molar-refractivity contribution in [1.82, 2.24) is 14.6 Å². The maximum absolute atomic E-state index is 10.0. The molecule has 3 atom stereocenters. The zero-order valence-corrected chi connectivity index (χ0v) is 15.1. The largest absolute Gasteiger partial charge is 0.497 e. The number of hydrogen-bond acceptors (Lipinski definition) is 7. The summed E-state index contributed by atoms with van der Waals surface area (Å²) in [5.41, 5.74) is 7.48. The molecule has 1 aromatic carbocycles. The molecule has 27 heavy (non-hydrogen) atoms. The van der Waals surface area contributed by atoms with E-state index in [0.29, 0.717) is 18.0 Å². The second-order valence-corrected chi connectivity index (χ2v) is 6.72. The highest BCUT2D eigenvalue weighted by Gasteiger charge is 2.28. The van der Waals surface area contributed by atoms with E-state index in [1.54, 1.807) is 11.6 Å². The second kappa shape index (κ2) is 7.42. The molecule has 1 saturated carbocycles. The van der Waals surface area contributed by atoms with Crippen molar-refractivity contribution >= 4 is 17.0 Å². The number of ether oxygens (including phenoxy) is 2. The third kappa shape index (κ3) is 3.67. The topological polar surface area (TPSA) is 107 Å². The summed E-state index contributed by atoms with van der Waals surface area (Å²) >= 11 is 0. The van der Waals surface area contributed by atoms with Crippen LogP contribution in [-0.4, -0.2) is 45.1 Å². The average molecular weight is 369 g/mol. The summed E-state index contributed by atoms with van der Waals surface area (Å²) in [6.07, 6.45) is 4.76. The van der Waals surface area contributed by atoms with Crippen LogP contribution in [0.15, 0.2) is 42.9 Å². The summed E-state index contributed by atoms with van der Waals surface area (Å²) in [7, 11) is 1.63. The van der Waals surface area contributed by atoms with Gasteiger partial charge in [-0.15, -0.1) is 0 Å². The number of nitrogens with zero attached hydrogens (tertiary/aromatic N) is 3. The molecule has 8 heteroatoms. The summed E-state index contributed by atoms with van der Waals surface area (Å²) in [5, 5.41) is 17.6. The number of methoxy groups -OCH3 is 1. The van der Waals surface area contributed by atoms with Crippen LogP contribution < -0.4 is 20.5 Å². The van der Waals surface area contributed by atoms with Gasteiger partial charge in [-0.05, 0) is 25.0 Å². The number of anilines is 2. The molecule has 142 valence electrons. The van der Waals surface area contributed by atoms with Gasteiger partial charge in [0.15, 0.2) is 11.6 Å². The minimum atomic E-state index is -0.539. The first-order valence-electron chi connectivity index (χ1n) is 8.98. The molecule has 4 rings (SSSR count). The van der Waals surface area contributed by atoms with Crippen LogP contribution in [0.3, 0.4) is 0 Å². The number of nitrogens with two attached hydrogens (primary N) is 1. The molecule has 0 bridgehead atoms. The van der Waals surface area contributed by atoms with E-state index < -0.39 is 6.10 Å². The molecule has 0 spiro atoms. The second-order valence-electron chi connectivity index (χ2n) is 6.72. The van der Waals surface area contributed by atoms with Gasteiger partial charge in [0.1, 0.15) is 23.7 Å². The van der Waals surface area contributed by atoms with Crippen LogP contribution in [0.2, 0.25) is 0 Å². The molecule has 8 nitrogen and oxygen atoms in total. The predicted molar refractivity (Wildman–Crippen MR) is 102 cm³/mol. The zero-order chi connectivity index (χ0) is 18.8. The third-order valence-electron chi connectivity index (χ3n) is 4.86. The Bertz CT molecular complexity index is 929. The Morgan fingerprint density at radius 2 is 2.19 bits per heavy atom. The molecular formula is C19H23N5O3. The lowest BCUT2D eigenvalue weighted by molar-refractivity contribution is 0.0399. The van der Waals surface area contributed by atoms with E-state index in [1.807, 2.05) is 36.5 Å². The lowest BCUT2D eigenvalue weighted by Gasteiger charge is -2.30. The van der Waals surface area contributed by atoms with Gasteiger partial charge in [-0.2, -0.15) is 5.10 Å². The molecule has 0 radical (unpaired) electrons. The van der Waals surface area contributed by atoms with Crippen molar-refractivity contribution in [2.75, 3.05) is 12.4 Å². The number of nitrogens with one attached hydrogen (secondary N) is 1. The molecule has 1 fully saturated rings. The average Bonchev–Trinajstić information content (AvgIpc) is 3.09. The van der Waals surface area contributed by atoms with Crippen molar-refractivity contribution in [2.24, 2.45) is 5.73 Å². The molecule has 2 heterocycles. The standard InChI is InChI=1S/C19H23N5O3/c1-26-13-4-2-3-12(9-13)23-19-18-17(7-8-24(18)22-11-21-19)27-14-5-6-15(20)16(25)10-14/h2-4,7-9,11,14-16,25H,5-6,10,20H2,1H3,(H,21,22,23)/t14?,15-,16-/m0/s1. The van der Waals surface area contributed by atoms with Crippen LogP contribution in [0.1, 0.15) is 19.3 Å². The number of benzene rings is 1. The first-order chi connectivity index (χ1) is 13.1. The van der Waals surface area contributed by atoms with Crippen LogP contribution in [0, 0.1) is 0 Å². The highest BCUT2D eigenvalue weighted by Crippen LogP contribution is 2.32. The van der Waals surface area contributed by atoms with Crippen LogP contribution >= 0.6 is 0 Å². The minimum absolute atomic E-state index is 0.0872. The first-order valence-corrected chi connectivity index (χ1v) is 8.98. The zero-order valence-electron chi connectivity index (χ0n) is 15.1. The molecule has 3 aromatic rings. The van der Waals surface area contributed by atoms with Crippen molar-refractivity contribution in [3.05, 3.63) is 42.9 Å². The number of fused-ring (bicyclic) bond motifs is 1. The Labute approximate surface area is 156 Å². The van der Waals surface area contributed by atoms with Gasteiger partial charge in [-0.3, -0.25) is 0 Å². The number of aliphatic hydroxyl groups excluding tert-OH is 1. The quantitative estimate of drug-likeness (QED) is 0.632. The van der Waals surface area contributed by atoms with Crippen LogP contribution in [0.25, 0.3) is 5.52 Å². The SMILES string of the molecule is COc1cccc(Nc2ncnn3ccc(OC4CC[C@H](N)[C@@H](O)C4)c23)c1. The molecule has 1 aliphatic rings. The Kier molecular flexibility index (Phi) is 4.83. The summed E-state index contributed by atoms with van der Waals surface area (Å²) in [5.74, 6) is 2.06. The van der Waals surface area contributed by atoms with Crippen molar-refractivity contribution in [2.45, 2.75) is 37.5 Å². The molecule has 0 saturated heterocycles. The van der Waals surface area contributed by atoms with Crippen LogP contribution in [-0.2, 0) is 0 Å². The van der Waals surface area contributed by atoms with Gasteiger partial charge in [-0.25, -0.2) is 9.50 Å². The Morgan fingerprint density at radius 1 is 1.30 bits per heavy atom. The van der Waals surface area contributed by atoms with Gasteiger partial charge >= 0.3 is 0 Å². The number of rotatable bonds is 5. The number of hydrogen-bond donors (Lipinski definition) is 3. The van der Waals surface area contributed by atoms with Crippen molar-refractivity contribution in [3.63, 3.8) is 0 Å². The van der Waals surface area contributed by atoms with Crippen LogP contribution in [0.4, 0.5) is 11.5 Å². The van der Waals surface area contributed by atoms with E-state index in [1.165, 1.54) is 6.33 Å². The molecule has 0 amide bonds. The fourth-order valence-electron chi connectivity index (χ4n) is 3.37. The fourth-order valence-corrected chi connectivity index (χ4v) is 3.37. The maximum atomic E-state index is 10.0. The lowest BCUT2D eigenvalue weighted by atomic mass is 9.91. The number of aromatic nitrogens is 3. The number of aliphatic hydroxyl groups is 1. The van der Waals surface area contributed by atoms with Gasteiger partial charge in [0.25, 0.3) is 0 Å². The maximum Gasteiger partial charge on any atom is 0.162 e. The van der Waals surface area contributed by atoms with Crippen molar-refractivity contribution in [1.29, 1.82) is 0 Å². The first kappa shape index (κ1) is 17.6. The summed E-state index contributed by atoms with van der Waals surface area (Å²) in [6.45, 7) is 0. The van der Waals surface area contributed by atoms with Crippen LogP contribution in [0.5, 0.6) is 11.5 Å². The smallest absolute Gasteiger partial charge is 0.162 e. The predicted octanol–water partition coefficient (Wildman–Crippen LogP) is 2.10. The normalized spacial score (nSPS) is 22.6. The van der Waals surface area contributed by atoms with Gasteiger partial charge in [-0.1, -0.05) is 6.07 Å². The monoisotopic (exact) mass is 369 g/mol. The summed E-state index contributed by atoms with van der Waals surface area (Å²) in [6, 6.07) is 9.30. The fraction of sp³-hybridized carbons (Fsp3) is 0.368. The third-order valence-corrected chi connectivity index (χ3v) is 4.86. The minimum Gasteiger partial charge on any atom is -0.497 e. The van der Waals surface area contributed by atoms with E-state index >= 15 is 0 Å². The summed E-state index contributed by atoms with van der Waals surface area (Å²) < 4.78 is 13.2. The van der Waals surface area contributed by atoms with Gasteiger partial charge in [0.05, 0.1) is 13.2 Å². The molecule has 1 unspecified atom stereocenters. The molecule has 0 aliphatic heterocycles. The van der Waals surface area contributed by atoms with Gasteiger partial charge in [0.2, 0.25) is 0 Å². The van der Waals surface area contributed by atoms with Gasteiger partial charge < -0.3 is 25.6 Å². The summed E-state index contributed by atoms with van der Waals surface area (Å²) in [4.78, 5) is 4.38. The molecular weight excluding hydrogens is 346 g/mol. The highest BCUT2D eigenvalue weighted by atomic mass is 16.5.